The fourth-order valence-electron chi connectivity index (χ4n) is 2.94. The van der Waals surface area contributed by atoms with Gasteiger partial charge in [-0.15, -0.1) is 0 Å². The molecule has 2 fully saturated rings. The molecule has 1 aromatic rings. The zero-order chi connectivity index (χ0) is 14.7. The van der Waals surface area contributed by atoms with E-state index >= 15 is 0 Å². The molecule has 114 valence electrons. The van der Waals surface area contributed by atoms with Gasteiger partial charge in [0.05, 0.1) is 13.2 Å². The molecular formula is C15H22N4O2. The predicted molar refractivity (Wildman–Crippen MR) is 82.2 cm³/mol. The van der Waals surface area contributed by atoms with E-state index in [1.54, 1.807) is 12.1 Å². The summed E-state index contributed by atoms with van der Waals surface area (Å²) in [4.78, 5) is 16.6. The van der Waals surface area contributed by atoms with Crippen LogP contribution in [-0.2, 0) is 4.74 Å². The minimum absolute atomic E-state index is 0.0319. The molecule has 1 unspecified atom stereocenters. The molecular weight excluding hydrogens is 268 g/mol. The van der Waals surface area contributed by atoms with Crippen LogP contribution in [0.1, 0.15) is 6.42 Å². The number of amides is 2. The number of carbonyl (C=O) groups excluding carboxylic acids is 1. The number of carbonyl (C=O) groups is 1. The number of anilines is 2. The second-order valence-corrected chi connectivity index (χ2v) is 5.59. The van der Waals surface area contributed by atoms with Crippen LogP contribution in [0.15, 0.2) is 24.3 Å². The lowest BCUT2D eigenvalue weighted by Gasteiger charge is -2.32. The molecule has 2 heterocycles. The van der Waals surface area contributed by atoms with Gasteiger partial charge in [0.1, 0.15) is 0 Å². The van der Waals surface area contributed by atoms with Crippen molar-refractivity contribution in [1.82, 2.24) is 9.80 Å². The van der Waals surface area contributed by atoms with E-state index in [2.05, 4.69) is 10.2 Å². The summed E-state index contributed by atoms with van der Waals surface area (Å²) in [5, 5.41) is 2.92. The molecule has 2 saturated heterocycles. The molecule has 0 aromatic heterocycles. The van der Waals surface area contributed by atoms with Crippen molar-refractivity contribution < 1.29 is 9.53 Å². The van der Waals surface area contributed by atoms with Crippen LogP contribution in [0.5, 0.6) is 0 Å². The van der Waals surface area contributed by atoms with Crippen molar-refractivity contribution in [2.24, 2.45) is 0 Å². The minimum Gasteiger partial charge on any atom is -0.399 e. The number of rotatable bonds is 2. The molecule has 0 radical (unpaired) electrons. The zero-order valence-corrected chi connectivity index (χ0v) is 12.1. The summed E-state index contributed by atoms with van der Waals surface area (Å²) in [6.45, 7) is 5.14. The Labute approximate surface area is 124 Å². The summed E-state index contributed by atoms with van der Waals surface area (Å²) in [5.74, 6) is 0. The number of ether oxygens (including phenoxy) is 1. The van der Waals surface area contributed by atoms with Crippen LogP contribution < -0.4 is 11.1 Å². The van der Waals surface area contributed by atoms with Crippen molar-refractivity contribution in [2.75, 3.05) is 50.4 Å². The van der Waals surface area contributed by atoms with Gasteiger partial charge in [0.2, 0.25) is 0 Å². The minimum atomic E-state index is -0.0319. The largest absolute Gasteiger partial charge is 0.399 e. The topological polar surface area (TPSA) is 70.8 Å². The zero-order valence-electron chi connectivity index (χ0n) is 12.1. The molecule has 0 spiro atoms. The van der Waals surface area contributed by atoms with Gasteiger partial charge in [-0.1, -0.05) is 0 Å². The lowest BCUT2D eigenvalue weighted by Crippen LogP contribution is -2.45. The molecule has 1 atom stereocenters. The fourth-order valence-corrected chi connectivity index (χ4v) is 2.94. The van der Waals surface area contributed by atoms with Crippen molar-refractivity contribution in [2.45, 2.75) is 12.5 Å². The number of nitrogens with two attached hydrogens (primary N) is 1. The maximum absolute atomic E-state index is 12.3. The molecule has 2 amide bonds. The second-order valence-electron chi connectivity index (χ2n) is 5.59. The molecule has 0 saturated carbocycles. The van der Waals surface area contributed by atoms with Gasteiger partial charge in [-0.05, 0) is 30.7 Å². The molecule has 2 aliphatic heterocycles. The van der Waals surface area contributed by atoms with Gasteiger partial charge in [-0.2, -0.15) is 0 Å². The van der Waals surface area contributed by atoms with Crippen LogP contribution in [0, 0.1) is 0 Å². The monoisotopic (exact) mass is 290 g/mol. The number of nitrogens with zero attached hydrogens (tertiary/aromatic N) is 2. The first-order chi connectivity index (χ1) is 10.2. The number of hydrogen-bond acceptors (Lipinski definition) is 4. The van der Waals surface area contributed by atoms with Crippen LogP contribution in [0.4, 0.5) is 16.2 Å². The summed E-state index contributed by atoms with van der Waals surface area (Å²) in [5.41, 5.74) is 7.12. The standard InChI is InChI=1S/C15H22N4O2/c16-12-1-3-13(4-2-12)17-15(20)19-6-5-14(11-19)18-7-9-21-10-8-18/h1-4,14H,5-11,16H2,(H,17,20). The average Bonchev–Trinajstić information content (AvgIpc) is 3.00. The molecule has 21 heavy (non-hydrogen) atoms. The Hall–Kier alpha value is -1.79. The van der Waals surface area contributed by atoms with E-state index < -0.39 is 0 Å². The number of hydrogen-bond donors (Lipinski definition) is 2. The van der Waals surface area contributed by atoms with E-state index in [9.17, 15) is 4.79 Å². The van der Waals surface area contributed by atoms with E-state index in [0.29, 0.717) is 11.7 Å². The summed E-state index contributed by atoms with van der Waals surface area (Å²) < 4.78 is 5.38. The Kier molecular flexibility index (Phi) is 4.26. The Bertz CT molecular complexity index is 485. The van der Waals surface area contributed by atoms with Crippen molar-refractivity contribution in [3.8, 4) is 0 Å². The average molecular weight is 290 g/mol. The first-order valence-corrected chi connectivity index (χ1v) is 7.45. The second kappa shape index (κ2) is 6.32. The summed E-state index contributed by atoms with van der Waals surface area (Å²) >= 11 is 0. The van der Waals surface area contributed by atoms with Gasteiger partial charge in [0, 0.05) is 43.6 Å². The Morgan fingerprint density at radius 1 is 1.19 bits per heavy atom. The SMILES string of the molecule is Nc1ccc(NC(=O)N2CCC(N3CCOCC3)C2)cc1. The van der Waals surface area contributed by atoms with Crippen LogP contribution in [0.25, 0.3) is 0 Å². The van der Waals surface area contributed by atoms with Crippen LogP contribution in [0.2, 0.25) is 0 Å². The molecule has 0 bridgehead atoms. The first-order valence-electron chi connectivity index (χ1n) is 7.45. The quantitative estimate of drug-likeness (QED) is 0.803. The normalized spacial score (nSPS) is 23.2. The Balaban J connectivity index is 1.53. The van der Waals surface area contributed by atoms with Crippen LogP contribution in [-0.4, -0.2) is 61.3 Å². The highest BCUT2D eigenvalue weighted by molar-refractivity contribution is 5.89. The van der Waals surface area contributed by atoms with E-state index in [1.165, 1.54) is 0 Å². The van der Waals surface area contributed by atoms with Gasteiger partial charge in [-0.25, -0.2) is 4.79 Å². The molecule has 6 nitrogen and oxygen atoms in total. The van der Waals surface area contributed by atoms with Gasteiger partial charge in [0.25, 0.3) is 0 Å². The molecule has 0 aliphatic carbocycles. The maximum Gasteiger partial charge on any atom is 0.321 e. The Morgan fingerprint density at radius 2 is 1.90 bits per heavy atom. The third-order valence-corrected chi connectivity index (χ3v) is 4.17. The highest BCUT2D eigenvalue weighted by atomic mass is 16.5. The van der Waals surface area contributed by atoms with Crippen LogP contribution >= 0.6 is 0 Å². The Morgan fingerprint density at radius 3 is 2.62 bits per heavy atom. The lowest BCUT2D eigenvalue weighted by atomic mass is 10.2. The van der Waals surface area contributed by atoms with Gasteiger partial charge < -0.3 is 20.7 Å². The van der Waals surface area contributed by atoms with E-state index in [4.69, 9.17) is 10.5 Å². The van der Waals surface area contributed by atoms with Gasteiger partial charge in [-0.3, -0.25) is 4.90 Å². The number of urea groups is 1. The highest BCUT2D eigenvalue weighted by Gasteiger charge is 2.31. The number of benzene rings is 1. The fraction of sp³-hybridized carbons (Fsp3) is 0.533. The third kappa shape index (κ3) is 3.46. The van der Waals surface area contributed by atoms with Crippen molar-refractivity contribution in [1.29, 1.82) is 0 Å². The predicted octanol–water partition coefficient (Wildman–Crippen LogP) is 1.21. The molecule has 6 heteroatoms. The summed E-state index contributed by atoms with van der Waals surface area (Å²) in [6.07, 6.45) is 1.04. The lowest BCUT2D eigenvalue weighted by molar-refractivity contribution is 0.0192. The van der Waals surface area contributed by atoms with E-state index in [0.717, 1.165) is 51.5 Å². The van der Waals surface area contributed by atoms with Crippen molar-refractivity contribution in [3.63, 3.8) is 0 Å². The van der Waals surface area contributed by atoms with Gasteiger partial charge in [0.15, 0.2) is 0 Å². The van der Waals surface area contributed by atoms with Crippen molar-refractivity contribution >= 4 is 17.4 Å². The molecule has 2 aliphatic rings. The van der Waals surface area contributed by atoms with Gasteiger partial charge >= 0.3 is 6.03 Å². The smallest absolute Gasteiger partial charge is 0.321 e. The molecule has 3 rings (SSSR count). The third-order valence-electron chi connectivity index (χ3n) is 4.17. The summed E-state index contributed by atoms with van der Waals surface area (Å²) in [7, 11) is 0. The van der Waals surface area contributed by atoms with Crippen molar-refractivity contribution in [3.05, 3.63) is 24.3 Å². The maximum atomic E-state index is 12.3. The summed E-state index contributed by atoms with van der Waals surface area (Å²) in [6, 6.07) is 7.65. The van der Waals surface area contributed by atoms with Crippen LogP contribution in [0.3, 0.4) is 0 Å². The molecule has 3 N–H and O–H groups in total. The molecule has 1 aromatic carbocycles. The number of likely N-dealkylation sites (tertiary alicyclic amines) is 1. The number of nitrogens with one attached hydrogen (secondary N) is 1. The van der Waals surface area contributed by atoms with E-state index in [-0.39, 0.29) is 6.03 Å². The highest BCUT2D eigenvalue weighted by Crippen LogP contribution is 2.18. The van der Waals surface area contributed by atoms with E-state index in [1.807, 2.05) is 17.0 Å². The first kappa shape index (κ1) is 14.2. The number of morpholine rings is 1. The number of nitrogen functional groups attached to an aromatic ring is 1.